The van der Waals surface area contributed by atoms with Crippen LogP contribution in [-0.4, -0.2) is 68.5 Å². The number of nitrogens with zero attached hydrogens (tertiary/aromatic N) is 3. The van der Waals surface area contributed by atoms with Crippen LogP contribution in [0.5, 0.6) is 28.7 Å². The summed E-state index contributed by atoms with van der Waals surface area (Å²) in [5.41, 5.74) is 3.27. The summed E-state index contributed by atoms with van der Waals surface area (Å²) in [5.74, 6) is 4.08. The molecule has 0 aromatic heterocycles. The number of amides is 1. The molecule has 3 aromatic rings. The normalized spacial score (nSPS) is 16.6. The molecule has 2 aliphatic heterocycles. The maximum Gasteiger partial charge on any atom is 0.254 e. The smallest absolute Gasteiger partial charge is 0.254 e. The van der Waals surface area contributed by atoms with Crippen molar-refractivity contribution in [1.29, 1.82) is 0 Å². The van der Waals surface area contributed by atoms with Gasteiger partial charge >= 0.3 is 0 Å². The monoisotopic (exact) mass is 501 g/mol. The Morgan fingerprint density at radius 1 is 0.892 bits per heavy atom. The molecule has 0 radical (unpaired) electrons. The molecule has 192 valence electrons. The van der Waals surface area contributed by atoms with Crippen molar-refractivity contribution in [2.24, 2.45) is 4.99 Å². The minimum absolute atomic E-state index is 0.0571. The molecule has 1 fully saturated rings. The Labute approximate surface area is 217 Å². The van der Waals surface area contributed by atoms with Gasteiger partial charge < -0.3 is 28.7 Å². The van der Waals surface area contributed by atoms with Crippen LogP contribution in [0.15, 0.2) is 59.6 Å². The van der Waals surface area contributed by atoms with Gasteiger partial charge in [-0.2, -0.15) is 0 Å². The molecule has 5 rings (SSSR count). The van der Waals surface area contributed by atoms with Crippen molar-refractivity contribution < 1.29 is 23.7 Å². The molecule has 1 amide bonds. The van der Waals surface area contributed by atoms with E-state index in [9.17, 15) is 4.79 Å². The van der Waals surface area contributed by atoms with Gasteiger partial charge in [-0.3, -0.25) is 4.79 Å². The van der Waals surface area contributed by atoms with E-state index in [4.69, 9.17) is 23.9 Å². The van der Waals surface area contributed by atoms with E-state index in [1.165, 1.54) is 0 Å². The number of carbonyl (C=O) groups is 1. The molecule has 0 bridgehead atoms. The van der Waals surface area contributed by atoms with Crippen LogP contribution in [0.4, 0.5) is 5.69 Å². The number of hydrogen-bond acceptors (Lipinski definition) is 7. The van der Waals surface area contributed by atoms with Gasteiger partial charge in [0.2, 0.25) is 0 Å². The number of hydrogen-bond donors (Lipinski definition) is 0. The highest BCUT2D eigenvalue weighted by atomic mass is 16.5. The fourth-order valence-corrected chi connectivity index (χ4v) is 4.78. The highest BCUT2D eigenvalue weighted by molar-refractivity contribution is 6.04. The maximum absolute atomic E-state index is 13.5. The zero-order valence-corrected chi connectivity index (χ0v) is 21.8. The summed E-state index contributed by atoms with van der Waals surface area (Å²) < 4.78 is 22.5. The lowest BCUT2D eigenvalue weighted by Gasteiger charge is -2.41. The van der Waals surface area contributed by atoms with Gasteiger partial charge in [0.25, 0.3) is 5.91 Å². The highest BCUT2D eigenvalue weighted by Crippen LogP contribution is 2.40. The number of fused-ring (bicyclic) bond motifs is 2. The van der Waals surface area contributed by atoms with Crippen molar-refractivity contribution in [3.05, 3.63) is 71.3 Å². The van der Waals surface area contributed by atoms with Crippen LogP contribution in [0.3, 0.4) is 0 Å². The molecular formula is C29H31N3O5. The van der Waals surface area contributed by atoms with Crippen molar-refractivity contribution in [3.8, 4) is 28.7 Å². The van der Waals surface area contributed by atoms with Gasteiger partial charge in [0.15, 0.2) is 5.75 Å². The quantitative estimate of drug-likeness (QED) is 0.498. The average molecular weight is 502 g/mol. The number of methoxy groups -OCH3 is 3. The van der Waals surface area contributed by atoms with Crippen LogP contribution in [-0.2, 0) is 0 Å². The third-order valence-corrected chi connectivity index (χ3v) is 6.78. The first kappa shape index (κ1) is 24.5. The second kappa shape index (κ2) is 10.0. The number of carbonyl (C=O) groups excluding carboxylic acids is 1. The van der Waals surface area contributed by atoms with Gasteiger partial charge in [-0.05, 0) is 61.9 Å². The molecule has 1 saturated heterocycles. The second-order valence-electron chi connectivity index (χ2n) is 9.27. The van der Waals surface area contributed by atoms with Gasteiger partial charge in [-0.25, -0.2) is 4.99 Å². The number of amidine groups is 1. The number of piperazine rings is 1. The lowest BCUT2D eigenvalue weighted by Crippen LogP contribution is -2.55. The van der Waals surface area contributed by atoms with Crippen LogP contribution >= 0.6 is 0 Å². The van der Waals surface area contributed by atoms with Crippen molar-refractivity contribution >= 4 is 17.4 Å². The summed E-state index contributed by atoms with van der Waals surface area (Å²) in [6.07, 6.45) is 0. The van der Waals surface area contributed by atoms with Gasteiger partial charge in [-0.1, -0.05) is 6.07 Å². The van der Waals surface area contributed by atoms with Crippen LogP contribution < -0.4 is 18.9 Å². The number of aliphatic imine (C=N–C) groups is 1. The van der Waals surface area contributed by atoms with Crippen LogP contribution in [0, 0.1) is 6.92 Å². The Kier molecular flexibility index (Phi) is 6.65. The van der Waals surface area contributed by atoms with Crippen molar-refractivity contribution in [2.45, 2.75) is 19.9 Å². The second-order valence-corrected chi connectivity index (χ2v) is 9.27. The summed E-state index contributed by atoms with van der Waals surface area (Å²) in [6, 6.07) is 17.0. The molecule has 0 aliphatic carbocycles. The molecule has 0 saturated carbocycles. The fraction of sp³-hybridized carbons (Fsp3) is 0.310. The van der Waals surface area contributed by atoms with E-state index in [1.54, 1.807) is 39.5 Å². The minimum atomic E-state index is -0.0585. The van der Waals surface area contributed by atoms with Crippen LogP contribution in [0.2, 0.25) is 0 Å². The van der Waals surface area contributed by atoms with Crippen molar-refractivity contribution in [2.75, 3.05) is 41.0 Å². The molecule has 2 aliphatic rings. The van der Waals surface area contributed by atoms with Gasteiger partial charge in [0.1, 0.15) is 34.5 Å². The third-order valence-electron chi connectivity index (χ3n) is 6.78. The van der Waals surface area contributed by atoms with E-state index < -0.39 is 0 Å². The van der Waals surface area contributed by atoms with E-state index in [2.05, 4.69) is 11.8 Å². The van der Waals surface area contributed by atoms with E-state index >= 15 is 0 Å². The Hall–Kier alpha value is -4.20. The first-order valence-corrected chi connectivity index (χ1v) is 12.2. The first-order valence-electron chi connectivity index (χ1n) is 12.2. The first-order chi connectivity index (χ1) is 17.9. The number of aryl methyl sites for hydroxylation is 1. The molecule has 37 heavy (non-hydrogen) atoms. The van der Waals surface area contributed by atoms with Gasteiger partial charge in [0.05, 0.1) is 26.9 Å². The van der Waals surface area contributed by atoms with Crippen LogP contribution in [0.25, 0.3) is 0 Å². The van der Waals surface area contributed by atoms with Crippen LogP contribution in [0.1, 0.15) is 28.4 Å². The predicted octanol–water partition coefficient (Wildman–Crippen LogP) is 5.05. The number of ether oxygens (including phenoxy) is 4. The van der Waals surface area contributed by atoms with E-state index in [-0.39, 0.29) is 11.9 Å². The number of benzene rings is 3. The predicted molar refractivity (Wildman–Crippen MR) is 142 cm³/mol. The number of rotatable bonds is 4. The summed E-state index contributed by atoms with van der Waals surface area (Å²) in [6.45, 7) is 5.86. The lowest BCUT2D eigenvalue weighted by molar-refractivity contribution is 0.0580. The Balaban J connectivity index is 1.46. The summed E-state index contributed by atoms with van der Waals surface area (Å²) in [4.78, 5) is 22.7. The Bertz CT molecular complexity index is 1350. The molecule has 3 aromatic carbocycles. The molecule has 8 heteroatoms. The molecule has 0 N–H and O–H groups in total. The average Bonchev–Trinajstić information content (AvgIpc) is 3.08. The van der Waals surface area contributed by atoms with Crippen molar-refractivity contribution in [1.82, 2.24) is 9.80 Å². The fourth-order valence-electron chi connectivity index (χ4n) is 4.78. The molecule has 0 spiro atoms. The van der Waals surface area contributed by atoms with Gasteiger partial charge in [-0.15, -0.1) is 0 Å². The zero-order valence-electron chi connectivity index (χ0n) is 21.8. The molecular weight excluding hydrogens is 470 g/mol. The molecule has 2 heterocycles. The van der Waals surface area contributed by atoms with Gasteiger partial charge in [0, 0.05) is 37.3 Å². The standard InChI is InChI=1S/C29H31N3O5/c1-18-6-8-25-27(12-18)37-26-9-7-21(34-3)16-24(26)28(30-25)31-10-11-32(19(2)17-31)29(33)20-13-22(35-4)15-23(14-20)36-5/h6-9,12-16,19H,10-11,17H2,1-5H3/t19-/m0/s1. The zero-order chi connectivity index (χ0) is 26.1. The summed E-state index contributed by atoms with van der Waals surface area (Å²) >= 11 is 0. The minimum Gasteiger partial charge on any atom is -0.497 e. The maximum atomic E-state index is 13.5. The topological polar surface area (TPSA) is 72.8 Å². The van der Waals surface area contributed by atoms with E-state index in [0.717, 1.165) is 39.9 Å². The van der Waals surface area contributed by atoms with E-state index in [0.29, 0.717) is 36.7 Å². The Morgan fingerprint density at radius 3 is 2.30 bits per heavy atom. The molecule has 0 unspecified atom stereocenters. The highest BCUT2D eigenvalue weighted by Gasteiger charge is 2.32. The summed E-state index contributed by atoms with van der Waals surface area (Å²) in [7, 11) is 4.80. The van der Waals surface area contributed by atoms with E-state index in [1.807, 2.05) is 48.2 Å². The molecule has 8 nitrogen and oxygen atoms in total. The summed E-state index contributed by atoms with van der Waals surface area (Å²) in [5, 5.41) is 0. The third kappa shape index (κ3) is 4.79. The lowest BCUT2D eigenvalue weighted by atomic mass is 10.1. The van der Waals surface area contributed by atoms with Crippen molar-refractivity contribution in [3.63, 3.8) is 0 Å². The SMILES string of the molecule is COc1cc(OC)cc(C(=O)N2CCN(C3=Nc4ccc(C)cc4Oc4ccc(OC)cc43)C[C@@H]2C)c1. The largest absolute Gasteiger partial charge is 0.497 e. The Morgan fingerprint density at radius 2 is 1.62 bits per heavy atom. The molecule has 1 atom stereocenters.